The smallest absolute Gasteiger partial charge is 0.0795 e. The maximum Gasteiger partial charge on any atom is 0.0795 e. The average molecular weight is 301 g/mol. The monoisotopic (exact) mass is 301 g/mol. The molecule has 3 heterocycles. The lowest BCUT2D eigenvalue weighted by Crippen LogP contribution is -2.51. The van der Waals surface area contributed by atoms with Crippen molar-refractivity contribution < 1.29 is 14.6 Å². The van der Waals surface area contributed by atoms with E-state index in [1.165, 1.54) is 30.8 Å². The minimum atomic E-state index is 0.139. The van der Waals surface area contributed by atoms with Crippen molar-refractivity contribution in [2.24, 2.45) is 0 Å². The quantitative estimate of drug-likeness (QED) is 0.852. The summed E-state index contributed by atoms with van der Waals surface area (Å²) < 4.78 is 11.8. The van der Waals surface area contributed by atoms with Gasteiger partial charge in [-0.2, -0.15) is 11.8 Å². The molecule has 0 aromatic rings. The molecule has 0 bridgehead atoms. The van der Waals surface area contributed by atoms with E-state index >= 15 is 0 Å². The van der Waals surface area contributed by atoms with E-state index < -0.39 is 0 Å². The van der Waals surface area contributed by atoms with Crippen LogP contribution in [0.2, 0.25) is 0 Å². The summed E-state index contributed by atoms with van der Waals surface area (Å²) in [7, 11) is 0. The third kappa shape index (κ3) is 3.50. The molecule has 3 aliphatic heterocycles. The molecular weight excluding hydrogens is 274 g/mol. The van der Waals surface area contributed by atoms with Crippen LogP contribution >= 0.6 is 11.8 Å². The first-order valence-electron chi connectivity index (χ1n) is 8.00. The first kappa shape index (κ1) is 15.1. The van der Waals surface area contributed by atoms with Crippen LogP contribution in [0.5, 0.6) is 0 Å². The zero-order valence-corrected chi connectivity index (χ0v) is 13.1. The highest BCUT2D eigenvalue weighted by atomic mass is 32.2. The molecule has 5 heteroatoms. The number of aliphatic hydroxyl groups excluding tert-OH is 1. The number of hydrogen-bond donors (Lipinski definition) is 1. The number of rotatable bonds is 4. The van der Waals surface area contributed by atoms with E-state index in [4.69, 9.17) is 14.6 Å². The van der Waals surface area contributed by atoms with Crippen molar-refractivity contribution in [1.29, 1.82) is 0 Å². The largest absolute Gasteiger partial charge is 0.394 e. The van der Waals surface area contributed by atoms with E-state index in [1.807, 2.05) is 0 Å². The van der Waals surface area contributed by atoms with Gasteiger partial charge in [-0.15, -0.1) is 0 Å². The summed E-state index contributed by atoms with van der Waals surface area (Å²) in [4.78, 5) is 2.66. The van der Waals surface area contributed by atoms with Crippen molar-refractivity contribution in [1.82, 2.24) is 4.90 Å². The Balaban J connectivity index is 1.48. The Kier molecular flexibility index (Phi) is 5.26. The zero-order valence-electron chi connectivity index (χ0n) is 12.3. The van der Waals surface area contributed by atoms with Gasteiger partial charge in [-0.1, -0.05) is 0 Å². The van der Waals surface area contributed by atoms with Crippen LogP contribution in [0, 0.1) is 0 Å². The van der Waals surface area contributed by atoms with Gasteiger partial charge in [0.1, 0.15) is 0 Å². The molecule has 3 saturated heterocycles. The molecule has 3 aliphatic rings. The van der Waals surface area contributed by atoms with E-state index in [9.17, 15) is 0 Å². The first-order valence-corrected chi connectivity index (χ1v) is 9.15. The third-order valence-electron chi connectivity index (χ3n) is 4.97. The van der Waals surface area contributed by atoms with Crippen molar-refractivity contribution >= 4 is 11.8 Å². The van der Waals surface area contributed by atoms with Gasteiger partial charge in [0.25, 0.3) is 0 Å². The van der Waals surface area contributed by atoms with Crippen LogP contribution in [-0.2, 0) is 9.47 Å². The first-order chi connectivity index (χ1) is 9.81. The van der Waals surface area contributed by atoms with Crippen LogP contribution in [0.15, 0.2) is 0 Å². The lowest BCUT2D eigenvalue weighted by Gasteiger charge is -2.44. The molecule has 0 aromatic carbocycles. The summed E-state index contributed by atoms with van der Waals surface area (Å²) in [5.74, 6) is 2.46. The van der Waals surface area contributed by atoms with Crippen LogP contribution in [0.4, 0.5) is 0 Å². The third-order valence-corrected chi connectivity index (χ3v) is 6.19. The molecule has 20 heavy (non-hydrogen) atoms. The summed E-state index contributed by atoms with van der Waals surface area (Å²) in [5.41, 5.74) is 0.192. The van der Waals surface area contributed by atoms with Gasteiger partial charge in [0.2, 0.25) is 0 Å². The number of aliphatic hydroxyl groups is 1. The number of hydrogen-bond acceptors (Lipinski definition) is 5. The van der Waals surface area contributed by atoms with E-state index in [1.54, 1.807) is 0 Å². The highest BCUT2D eigenvalue weighted by molar-refractivity contribution is 7.99. The van der Waals surface area contributed by atoms with Crippen molar-refractivity contribution in [2.75, 3.05) is 44.4 Å². The average Bonchev–Trinajstić information content (AvgIpc) is 2.93. The number of nitrogens with zero attached hydrogens (tertiary/aromatic N) is 1. The number of thioether (sulfide) groups is 1. The summed E-state index contributed by atoms with van der Waals surface area (Å²) in [6.45, 7) is 3.85. The second kappa shape index (κ2) is 6.97. The van der Waals surface area contributed by atoms with Gasteiger partial charge >= 0.3 is 0 Å². The Morgan fingerprint density at radius 1 is 1.30 bits per heavy atom. The fourth-order valence-electron chi connectivity index (χ4n) is 3.80. The second-order valence-corrected chi connectivity index (χ2v) is 7.42. The molecule has 0 aromatic heterocycles. The topological polar surface area (TPSA) is 41.9 Å². The highest BCUT2D eigenvalue weighted by Crippen LogP contribution is 2.40. The summed E-state index contributed by atoms with van der Waals surface area (Å²) in [6.07, 6.45) is 6.23. The van der Waals surface area contributed by atoms with Gasteiger partial charge in [-0.05, 0) is 37.9 Å². The van der Waals surface area contributed by atoms with Crippen LogP contribution in [0.3, 0.4) is 0 Å². The van der Waals surface area contributed by atoms with E-state index in [0.717, 1.165) is 32.5 Å². The molecule has 1 N–H and O–H groups in total. The molecule has 116 valence electrons. The Bertz CT molecular complexity index is 301. The summed E-state index contributed by atoms with van der Waals surface area (Å²) >= 11 is 2.05. The van der Waals surface area contributed by atoms with Gasteiger partial charge in [0, 0.05) is 31.5 Å². The maximum absolute atomic E-state index is 8.82. The fourth-order valence-corrected chi connectivity index (χ4v) is 5.18. The Labute approximate surface area is 126 Å². The Morgan fingerprint density at radius 2 is 2.15 bits per heavy atom. The fraction of sp³-hybridized carbons (Fsp3) is 1.00. The van der Waals surface area contributed by atoms with E-state index in [0.29, 0.717) is 18.8 Å². The minimum Gasteiger partial charge on any atom is -0.394 e. The number of ether oxygens (including phenoxy) is 2. The lowest BCUT2D eigenvalue weighted by molar-refractivity contribution is -0.0982. The zero-order chi connectivity index (χ0) is 13.8. The summed E-state index contributed by atoms with van der Waals surface area (Å²) in [6, 6.07) is 0.709. The van der Waals surface area contributed by atoms with Gasteiger partial charge in [-0.25, -0.2) is 0 Å². The molecule has 0 radical (unpaired) electrons. The second-order valence-electron chi connectivity index (χ2n) is 6.31. The van der Waals surface area contributed by atoms with Crippen molar-refractivity contribution in [3.8, 4) is 0 Å². The predicted octanol–water partition coefficient (Wildman–Crippen LogP) is 1.51. The Morgan fingerprint density at radius 3 is 2.85 bits per heavy atom. The van der Waals surface area contributed by atoms with Crippen LogP contribution in [-0.4, -0.2) is 72.2 Å². The van der Waals surface area contributed by atoms with Gasteiger partial charge in [-0.3, -0.25) is 4.90 Å². The molecule has 0 amide bonds. The standard InChI is InChI=1S/C15H27NO3S/c17-7-9-18-14-1-5-16(6-2-14)13-3-8-19-15(11-13)4-10-20-12-15/h13-14,17H,1-12H2. The van der Waals surface area contributed by atoms with Gasteiger partial charge in [0.15, 0.2) is 0 Å². The van der Waals surface area contributed by atoms with Gasteiger partial charge in [0.05, 0.1) is 24.9 Å². The SMILES string of the molecule is OCCOC1CCN(C2CCOC3(CCSC3)C2)CC1. The van der Waals surface area contributed by atoms with Crippen molar-refractivity contribution in [2.45, 2.75) is 49.9 Å². The van der Waals surface area contributed by atoms with Crippen LogP contribution in [0.1, 0.15) is 32.1 Å². The van der Waals surface area contributed by atoms with Crippen molar-refractivity contribution in [3.63, 3.8) is 0 Å². The highest BCUT2D eigenvalue weighted by Gasteiger charge is 2.42. The molecule has 2 unspecified atom stereocenters. The number of piperidine rings is 1. The van der Waals surface area contributed by atoms with Crippen molar-refractivity contribution in [3.05, 3.63) is 0 Å². The predicted molar refractivity (Wildman–Crippen MR) is 81.3 cm³/mol. The maximum atomic E-state index is 8.82. The molecular formula is C15H27NO3S. The molecule has 3 fully saturated rings. The lowest BCUT2D eigenvalue weighted by atomic mass is 9.88. The van der Waals surface area contributed by atoms with Gasteiger partial charge < -0.3 is 14.6 Å². The van der Waals surface area contributed by atoms with E-state index in [2.05, 4.69) is 16.7 Å². The minimum absolute atomic E-state index is 0.139. The summed E-state index contributed by atoms with van der Waals surface area (Å²) in [5, 5.41) is 8.82. The molecule has 0 aliphatic carbocycles. The molecule has 3 rings (SSSR count). The van der Waals surface area contributed by atoms with E-state index in [-0.39, 0.29) is 12.2 Å². The number of likely N-dealkylation sites (tertiary alicyclic amines) is 1. The normalized spacial score (nSPS) is 36.8. The van der Waals surface area contributed by atoms with Crippen LogP contribution < -0.4 is 0 Å². The molecule has 2 atom stereocenters. The molecule has 0 saturated carbocycles. The molecule has 4 nitrogen and oxygen atoms in total. The Hall–Kier alpha value is 0.190. The molecule has 1 spiro atoms. The van der Waals surface area contributed by atoms with Crippen LogP contribution in [0.25, 0.3) is 0 Å².